The van der Waals surface area contributed by atoms with E-state index in [0.29, 0.717) is 47.3 Å². The van der Waals surface area contributed by atoms with Gasteiger partial charge in [0.15, 0.2) is 0 Å². The molecule has 0 fully saturated rings. The van der Waals surface area contributed by atoms with E-state index < -0.39 is 0 Å². The fourth-order valence-electron chi connectivity index (χ4n) is 13.8. The zero-order valence-corrected chi connectivity index (χ0v) is 81.7. The number of hydrogen-bond acceptors (Lipinski definition) is 0. The van der Waals surface area contributed by atoms with Crippen LogP contribution in [-0.4, -0.2) is 0 Å². The van der Waals surface area contributed by atoms with Gasteiger partial charge in [-0.05, 0) is 260 Å². The van der Waals surface area contributed by atoms with Crippen molar-refractivity contribution in [1.82, 2.24) is 0 Å². The molecule has 0 aromatic carbocycles. The summed E-state index contributed by atoms with van der Waals surface area (Å²) in [5.74, 6) is 10.9. The van der Waals surface area contributed by atoms with Crippen LogP contribution in [-0.2, 0) is 0 Å². The van der Waals surface area contributed by atoms with Crippen molar-refractivity contribution in [2.45, 2.75) is 306 Å². The summed E-state index contributed by atoms with van der Waals surface area (Å²) >= 11 is 0. The van der Waals surface area contributed by atoms with E-state index in [1.165, 1.54) is 125 Å². The molecule has 11 rings (SSSR count). The quantitative estimate of drug-likeness (QED) is 0.181. The van der Waals surface area contributed by atoms with Gasteiger partial charge in [0.25, 0.3) is 0 Å². The van der Waals surface area contributed by atoms with Crippen molar-refractivity contribution >= 4 is 0 Å². The maximum Gasteiger partial charge on any atom is -0.00272 e. The molecule has 3 unspecified atom stereocenters. The Kier molecular flexibility index (Phi) is 69.8. The Morgan fingerprint density at radius 3 is 1.35 bits per heavy atom. The van der Waals surface area contributed by atoms with Crippen LogP contribution >= 0.6 is 0 Å². The maximum atomic E-state index is 2.42. The van der Waals surface area contributed by atoms with E-state index in [1.807, 2.05) is 0 Å². The molecule has 0 heterocycles. The molecule has 666 valence electrons. The molecule has 11 aliphatic rings. The van der Waals surface area contributed by atoms with Gasteiger partial charge in [-0.25, -0.2) is 0 Å². The van der Waals surface area contributed by atoms with Gasteiger partial charge in [-0.1, -0.05) is 497 Å². The van der Waals surface area contributed by atoms with Crippen molar-refractivity contribution in [3.8, 4) is 0 Å². The normalized spacial score (nSPS) is 26.7. The minimum atomic E-state index is 0.625. The lowest BCUT2D eigenvalue weighted by atomic mass is 9.88. The van der Waals surface area contributed by atoms with Crippen molar-refractivity contribution in [3.63, 3.8) is 0 Å². The van der Waals surface area contributed by atoms with Gasteiger partial charge in [0.2, 0.25) is 0 Å². The molecule has 11 aliphatic carbocycles. The lowest BCUT2D eigenvalue weighted by Gasteiger charge is -2.17. The Labute approximate surface area is 751 Å². The van der Waals surface area contributed by atoms with Gasteiger partial charge in [0.1, 0.15) is 0 Å². The van der Waals surface area contributed by atoms with E-state index in [1.54, 1.807) is 16.7 Å². The summed E-state index contributed by atoms with van der Waals surface area (Å²) in [6, 6.07) is 0. The van der Waals surface area contributed by atoms with E-state index in [-0.39, 0.29) is 0 Å². The SMILES string of the molecule is CC(C)/C1=C/C/C=C\C=C/C1.CC(C)/C1=C/C=C\C/C=C\C1.CC(C)/C1=C/C=C\C=C/CC1.CC(C)/C1=C/CC/C=C\CC1.CC(C)C1/C=C\CC/C=C\C1.CC(C)C1=C/C=C\CCC=C1.CC(C)C1=CC/C=C\CC=C1.CC(C)C1=CCC/C=C/C=C1.CC(C)C1C/C=C\C/C=C\C1.CC(C)C1C=CC/C=C\C=C/1.CC(C)C1\C=C/C=C\C=C/C1. The molecule has 0 bridgehead atoms. The summed E-state index contributed by atoms with van der Waals surface area (Å²) in [6.07, 6.45) is 146. The van der Waals surface area contributed by atoms with Gasteiger partial charge in [0, 0.05) is 0 Å². The Bertz CT molecular complexity index is 3620. The van der Waals surface area contributed by atoms with Gasteiger partial charge < -0.3 is 0 Å². The first-order valence-corrected chi connectivity index (χ1v) is 48.4. The molecule has 0 saturated carbocycles. The average molecular weight is 1640 g/mol. The van der Waals surface area contributed by atoms with Crippen LogP contribution in [0.2, 0.25) is 0 Å². The standard InChI is InChI=1S/3C11H18.8C11H16/c11*1-10(2)11-8-6-4-3-5-7-9-11/h4,6-7,9-11H,3,5,8H2,1-2H3;4-7,10-11H,3,8-9H2,1-2H3;3-4,9-10H,5-8H2,1-2H3;4,6-10H,3,5H2,1-2H3;4-8,10H,3,9H2,1-2H3;3-4,7-10H,5-6H2,1-2H3;3-4,6,8-10H,5,7H2,1-2H3;3-4,6-11H,5H2,1-2H3;3-6,9-10H,7-8H2,1-2H3;3-6,8,10H,7,9H2,1-2H3;3-8,10-11H,9H2,1-2H3/b6-4-,9-7-;6-4-,7-5-;4-3-,11-9+;6-4-,9-7?,11-8?;6-4-,7-5-,11-8+;4-3-,9-7?,11-8?;4-3+,8-6?,11-9?;4-3-,8-6-,9-7?;5-3-,6-4-,11-9+;5-3-,6-4-,11-8+;4-3-,7-5-,8-6-. The molecule has 3 atom stereocenters. The molecule has 0 amide bonds. The molecule has 121 heavy (non-hydrogen) atoms. The summed E-state index contributed by atoms with van der Waals surface area (Å²) in [4.78, 5) is 0. The first-order valence-electron chi connectivity index (χ1n) is 48.4. The maximum absolute atomic E-state index is 2.42. The third-order valence-electron chi connectivity index (χ3n) is 22.8. The van der Waals surface area contributed by atoms with Crippen LogP contribution in [0.4, 0.5) is 0 Å². The highest BCUT2D eigenvalue weighted by atomic mass is 14.2. The van der Waals surface area contributed by atoms with E-state index in [4.69, 9.17) is 0 Å². The van der Waals surface area contributed by atoms with Gasteiger partial charge in [-0.2, -0.15) is 0 Å². The van der Waals surface area contributed by atoms with E-state index in [0.717, 1.165) is 92.8 Å². The second-order valence-corrected chi connectivity index (χ2v) is 36.8. The van der Waals surface area contributed by atoms with Crippen LogP contribution in [0.5, 0.6) is 0 Å². The van der Waals surface area contributed by atoms with Gasteiger partial charge in [-0.15, -0.1) is 0 Å². The smallest absolute Gasteiger partial charge is 0.00272 e. The van der Waals surface area contributed by atoms with Crippen molar-refractivity contribution < 1.29 is 0 Å². The highest BCUT2D eigenvalue weighted by molar-refractivity contribution is 5.29. The monoisotopic (exact) mass is 1640 g/mol. The first-order chi connectivity index (χ1) is 58.3. The van der Waals surface area contributed by atoms with Crippen molar-refractivity contribution in [1.29, 1.82) is 0 Å². The van der Waals surface area contributed by atoms with E-state index in [2.05, 4.69) is 474 Å². The fraction of sp³-hybridized carbons (Fsp3) is 0.504. The first kappa shape index (κ1) is 111. The lowest BCUT2D eigenvalue weighted by molar-refractivity contribution is 0.391. The molecular weight excluding hydrogens is 1450 g/mol. The molecule has 0 heteroatoms. The Morgan fingerprint density at radius 2 is 0.645 bits per heavy atom. The summed E-state index contributed by atoms with van der Waals surface area (Å²) < 4.78 is 0. The van der Waals surface area contributed by atoms with Crippen molar-refractivity contribution in [3.05, 3.63) is 361 Å². The third-order valence-corrected chi connectivity index (χ3v) is 22.8. The second kappa shape index (κ2) is 75.9. The average Bonchev–Trinajstić information content (AvgIpc) is 1.04. The predicted octanol–water partition coefficient (Wildman–Crippen LogP) is 38.3. The number of allylic oxidation sites excluding steroid dienone is 60. The molecule has 0 aliphatic heterocycles. The number of rotatable bonds is 11. The second-order valence-electron chi connectivity index (χ2n) is 36.8. The molecule has 0 radical (unpaired) electrons. The fourth-order valence-corrected chi connectivity index (χ4v) is 13.8. The highest BCUT2D eigenvalue weighted by Crippen LogP contribution is 2.27. The van der Waals surface area contributed by atoms with Gasteiger partial charge >= 0.3 is 0 Å². The van der Waals surface area contributed by atoms with Gasteiger partial charge in [0.05, 0.1) is 0 Å². The van der Waals surface area contributed by atoms with Crippen LogP contribution in [0.1, 0.15) is 306 Å². The summed E-state index contributed by atoms with van der Waals surface area (Å²) in [6.45, 7) is 49.8. The number of hydrogen-bond donors (Lipinski definition) is 0. The predicted molar refractivity (Wildman–Crippen MR) is 555 cm³/mol. The van der Waals surface area contributed by atoms with E-state index >= 15 is 0 Å². The van der Waals surface area contributed by atoms with E-state index in [9.17, 15) is 0 Å². The Hall–Kier alpha value is -7.80. The minimum absolute atomic E-state index is 0.625. The Balaban J connectivity index is 0.000000665. The topological polar surface area (TPSA) is 0 Å². The summed E-state index contributed by atoms with van der Waals surface area (Å²) in [5, 5.41) is 0. The molecule has 0 aromatic rings. The summed E-state index contributed by atoms with van der Waals surface area (Å²) in [5.41, 5.74) is 10.7. The molecule has 0 nitrogen and oxygen atoms in total. The van der Waals surface area contributed by atoms with Crippen LogP contribution in [0, 0.1) is 88.8 Å². The summed E-state index contributed by atoms with van der Waals surface area (Å²) in [7, 11) is 0. The molecule has 0 spiro atoms. The minimum Gasteiger partial charge on any atom is -0.0882 e. The third kappa shape index (κ3) is 63.7. The zero-order chi connectivity index (χ0) is 89.1. The van der Waals surface area contributed by atoms with Crippen LogP contribution in [0.3, 0.4) is 0 Å². The Morgan fingerprint density at radius 1 is 0.207 bits per heavy atom. The molecule has 0 aromatic heterocycles. The van der Waals surface area contributed by atoms with Crippen LogP contribution in [0.15, 0.2) is 361 Å². The lowest BCUT2D eigenvalue weighted by Crippen LogP contribution is -2.06. The van der Waals surface area contributed by atoms with Crippen molar-refractivity contribution in [2.75, 3.05) is 0 Å². The molecule has 0 saturated heterocycles. The van der Waals surface area contributed by atoms with Crippen LogP contribution < -0.4 is 0 Å². The largest absolute Gasteiger partial charge is 0.0882 e. The molecule has 0 N–H and O–H groups in total. The van der Waals surface area contributed by atoms with Gasteiger partial charge in [-0.3, -0.25) is 0 Å². The zero-order valence-electron chi connectivity index (χ0n) is 81.7. The van der Waals surface area contributed by atoms with Crippen molar-refractivity contribution in [2.24, 2.45) is 88.8 Å². The molecular formula is C121H182. The van der Waals surface area contributed by atoms with Crippen LogP contribution in [0.25, 0.3) is 0 Å². The highest BCUT2D eigenvalue weighted by Gasteiger charge is 2.13.